The molecule has 2 rings (SSSR count). The van der Waals surface area contributed by atoms with Crippen molar-refractivity contribution in [1.29, 1.82) is 0 Å². The van der Waals surface area contributed by atoms with E-state index in [4.69, 9.17) is 14.2 Å². The summed E-state index contributed by atoms with van der Waals surface area (Å²) in [6, 6.07) is 12.6. The van der Waals surface area contributed by atoms with Crippen LogP contribution in [0.15, 0.2) is 42.5 Å². The minimum absolute atomic E-state index is 0.00835. The van der Waals surface area contributed by atoms with Crippen LogP contribution in [0.25, 0.3) is 0 Å². The number of amides is 1. The Kier molecular flexibility index (Phi) is 7.14. The SMILES string of the molecule is CCCCCC(=O)Nc1ccc(OC)c(Oc2ccc(OC)cc2)c1. The molecule has 0 atom stereocenters. The van der Waals surface area contributed by atoms with E-state index in [1.807, 2.05) is 24.3 Å². The van der Waals surface area contributed by atoms with Crippen LogP contribution in [0, 0.1) is 0 Å². The van der Waals surface area contributed by atoms with Crippen molar-refractivity contribution in [2.75, 3.05) is 19.5 Å². The Morgan fingerprint density at radius 3 is 2.28 bits per heavy atom. The smallest absolute Gasteiger partial charge is 0.224 e. The van der Waals surface area contributed by atoms with Gasteiger partial charge in [0.2, 0.25) is 5.91 Å². The summed E-state index contributed by atoms with van der Waals surface area (Å²) in [5.74, 6) is 2.56. The third-order valence-corrected chi connectivity index (χ3v) is 3.74. The molecule has 0 spiro atoms. The molecule has 0 radical (unpaired) electrons. The van der Waals surface area contributed by atoms with Gasteiger partial charge in [0.15, 0.2) is 11.5 Å². The first kappa shape index (κ1) is 18.6. The Labute approximate surface area is 148 Å². The van der Waals surface area contributed by atoms with Crippen molar-refractivity contribution < 1.29 is 19.0 Å². The molecule has 0 bridgehead atoms. The lowest BCUT2D eigenvalue weighted by molar-refractivity contribution is -0.116. The van der Waals surface area contributed by atoms with Gasteiger partial charge in [-0.2, -0.15) is 0 Å². The molecule has 2 aromatic rings. The average Bonchev–Trinajstić information content (AvgIpc) is 2.63. The predicted octanol–water partition coefficient (Wildman–Crippen LogP) is 5.01. The lowest BCUT2D eigenvalue weighted by atomic mass is 10.2. The third kappa shape index (κ3) is 5.71. The van der Waals surface area contributed by atoms with Crippen LogP contribution in [0.2, 0.25) is 0 Å². The number of carbonyl (C=O) groups is 1. The average molecular weight is 343 g/mol. The number of methoxy groups -OCH3 is 2. The maximum absolute atomic E-state index is 12.0. The summed E-state index contributed by atoms with van der Waals surface area (Å²) in [4.78, 5) is 12.0. The molecule has 1 N–H and O–H groups in total. The molecule has 0 saturated carbocycles. The molecule has 2 aromatic carbocycles. The molecule has 0 heterocycles. The number of rotatable bonds is 9. The Hall–Kier alpha value is -2.69. The van der Waals surface area contributed by atoms with Gasteiger partial charge in [0.1, 0.15) is 11.5 Å². The number of carbonyl (C=O) groups excluding carboxylic acids is 1. The van der Waals surface area contributed by atoms with E-state index in [2.05, 4.69) is 12.2 Å². The first-order valence-electron chi connectivity index (χ1n) is 8.46. The zero-order valence-electron chi connectivity index (χ0n) is 15.0. The first-order valence-corrected chi connectivity index (χ1v) is 8.46. The molecule has 0 unspecified atom stereocenters. The molecule has 1 amide bonds. The van der Waals surface area contributed by atoms with Gasteiger partial charge in [0.05, 0.1) is 14.2 Å². The van der Waals surface area contributed by atoms with Crippen molar-refractivity contribution >= 4 is 11.6 Å². The van der Waals surface area contributed by atoms with Crippen LogP contribution in [0.4, 0.5) is 5.69 Å². The van der Waals surface area contributed by atoms with Crippen LogP contribution in [0.5, 0.6) is 23.0 Å². The van der Waals surface area contributed by atoms with Gasteiger partial charge in [0, 0.05) is 18.2 Å². The lowest BCUT2D eigenvalue weighted by Crippen LogP contribution is -2.11. The van der Waals surface area contributed by atoms with E-state index in [0.29, 0.717) is 29.4 Å². The highest BCUT2D eigenvalue weighted by molar-refractivity contribution is 5.91. The van der Waals surface area contributed by atoms with E-state index in [1.54, 1.807) is 32.4 Å². The number of hydrogen-bond acceptors (Lipinski definition) is 4. The maximum Gasteiger partial charge on any atom is 0.224 e. The summed E-state index contributed by atoms with van der Waals surface area (Å²) >= 11 is 0. The van der Waals surface area contributed by atoms with Gasteiger partial charge in [-0.15, -0.1) is 0 Å². The summed E-state index contributed by atoms with van der Waals surface area (Å²) < 4.78 is 16.4. The van der Waals surface area contributed by atoms with E-state index in [1.165, 1.54) is 0 Å². The molecule has 0 aliphatic rings. The molecular formula is C20H25NO4. The van der Waals surface area contributed by atoms with E-state index < -0.39 is 0 Å². The summed E-state index contributed by atoms with van der Waals surface area (Å²) in [5, 5.41) is 2.90. The highest BCUT2D eigenvalue weighted by Gasteiger charge is 2.09. The predicted molar refractivity (Wildman–Crippen MR) is 98.8 cm³/mol. The minimum atomic E-state index is 0.00835. The molecule has 25 heavy (non-hydrogen) atoms. The van der Waals surface area contributed by atoms with Crippen molar-refractivity contribution in [2.24, 2.45) is 0 Å². The zero-order chi connectivity index (χ0) is 18.1. The Balaban J connectivity index is 2.09. The summed E-state index contributed by atoms with van der Waals surface area (Å²) in [5.41, 5.74) is 0.686. The second kappa shape index (κ2) is 9.57. The quantitative estimate of drug-likeness (QED) is 0.650. The second-order valence-corrected chi connectivity index (χ2v) is 5.65. The van der Waals surface area contributed by atoms with Gasteiger partial charge in [-0.25, -0.2) is 0 Å². The molecule has 0 aromatic heterocycles. The van der Waals surface area contributed by atoms with Crippen LogP contribution in [-0.4, -0.2) is 20.1 Å². The Morgan fingerprint density at radius 1 is 0.920 bits per heavy atom. The number of hydrogen-bond donors (Lipinski definition) is 1. The lowest BCUT2D eigenvalue weighted by Gasteiger charge is -2.13. The van der Waals surface area contributed by atoms with Crippen molar-refractivity contribution in [3.8, 4) is 23.0 Å². The van der Waals surface area contributed by atoms with E-state index in [0.717, 1.165) is 25.0 Å². The molecule has 5 nitrogen and oxygen atoms in total. The fourth-order valence-electron chi connectivity index (χ4n) is 2.36. The standard InChI is InChI=1S/C20H25NO4/c1-4-5-6-7-20(22)21-15-8-13-18(24-3)19(14-15)25-17-11-9-16(23-2)10-12-17/h8-14H,4-7H2,1-3H3,(H,21,22). The number of benzene rings is 2. The van der Waals surface area contributed by atoms with Crippen molar-refractivity contribution in [3.63, 3.8) is 0 Å². The van der Waals surface area contributed by atoms with Crippen molar-refractivity contribution in [3.05, 3.63) is 42.5 Å². The third-order valence-electron chi connectivity index (χ3n) is 3.74. The maximum atomic E-state index is 12.0. The van der Waals surface area contributed by atoms with E-state index in [9.17, 15) is 4.79 Å². The van der Waals surface area contributed by atoms with Crippen molar-refractivity contribution in [1.82, 2.24) is 0 Å². The molecule has 134 valence electrons. The highest BCUT2D eigenvalue weighted by atomic mass is 16.5. The van der Waals surface area contributed by atoms with Crippen LogP contribution in [0.1, 0.15) is 32.6 Å². The molecule has 0 saturated heterocycles. The zero-order valence-corrected chi connectivity index (χ0v) is 15.0. The Morgan fingerprint density at radius 2 is 1.64 bits per heavy atom. The van der Waals surface area contributed by atoms with Gasteiger partial charge in [-0.3, -0.25) is 4.79 Å². The highest BCUT2D eigenvalue weighted by Crippen LogP contribution is 2.34. The number of unbranched alkanes of at least 4 members (excludes halogenated alkanes) is 2. The number of nitrogens with one attached hydrogen (secondary N) is 1. The van der Waals surface area contributed by atoms with Crippen LogP contribution in [-0.2, 0) is 4.79 Å². The van der Waals surface area contributed by atoms with Gasteiger partial charge in [-0.1, -0.05) is 19.8 Å². The van der Waals surface area contributed by atoms with Crippen LogP contribution < -0.4 is 19.5 Å². The summed E-state index contributed by atoms with van der Waals surface area (Å²) in [6.07, 6.45) is 3.57. The molecular weight excluding hydrogens is 318 g/mol. The van der Waals surface area contributed by atoms with Gasteiger partial charge >= 0.3 is 0 Å². The molecule has 0 fully saturated rings. The second-order valence-electron chi connectivity index (χ2n) is 5.65. The normalized spacial score (nSPS) is 10.2. The summed E-state index contributed by atoms with van der Waals surface area (Å²) in [7, 11) is 3.20. The molecule has 0 aliphatic heterocycles. The first-order chi connectivity index (χ1) is 12.2. The molecule has 5 heteroatoms. The minimum Gasteiger partial charge on any atom is -0.497 e. The number of ether oxygens (including phenoxy) is 3. The Bertz CT molecular complexity index is 683. The molecule has 0 aliphatic carbocycles. The van der Waals surface area contributed by atoms with Gasteiger partial charge in [-0.05, 0) is 42.8 Å². The topological polar surface area (TPSA) is 56.8 Å². The van der Waals surface area contributed by atoms with Gasteiger partial charge in [0.25, 0.3) is 0 Å². The van der Waals surface area contributed by atoms with Crippen LogP contribution in [0.3, 0.4) is 0 Å². The van der Waals surface area contributed by atoms with E-state index in [-0.39, 0.29) is 5.91 Å². The summed E-state index contributed by atoms with van der Waals surface area (Å²) in [6.45, 7) is 2.12. The monoisotopic (exact) mass is 343 g/mol. The van der Waals surface area contributed by atoms with Gasteiger partial charge < -0.3 is 19.5 Å². The van der Waals surface area contributed by atoms with Crippen molar-refractivity contribution in [2.45, 2.75) is 32.6 Å². The largest absolute Gasteiger partial charge is 0.497 e. The van der Waals surface area contributed by atoms with Crippen LogP contribution >= 0.6 is 0 Å². The fourth-order valence-corrected chi connectivity index (χ4v) is 2.36. The van der Waals surface area contributed by atoms with E-state index >= 15 is 0 Å². The fraction of sp³-hybridized carbons (Fsp3) is 0.350. The number of anilines is 1.